The van der Waals surface area contributed by atoms with Crippen molar-refractivity contribution in [3.05, 3.63) is 82.9 Å². The second-order valence-electron chi connectivity index (χ2n) is 10.5. The van der Waals surface area contributed by atoms with Crippen LogP contribution in [0.15, 0.2) is 60.7 Å². The number of carbonyl (C=O) groups excluding carboxylic acids is 7. The summed E-state index contributed by atoms with van der Waals surface area (Å²) < 4.78 is 20.8. The van der Waals surface area contributed by atoms with Crippen molar-refractivity contribution in [1.29, 1.82) is 0 Å². The Labute approximate surface area is 276 Å². The third-order valence-corrected chi connectivity index (χ3v) is 6.62. The van der Waals surface area contributed by atoms with Crippen LogP contribution in [-0.2, 0) is 25.7 Å². The zero-order chi connectivity index (χ0) is 35.5. The van der Waals surface area contributed by atoms with E-state index < -0.39 is 41.6 Å². The number of para-hydroxylation sites is 2. The van der Waals surface area contributed by atoms with Gasteiger partial charge in [0.15, 0.2) is 23.0 Å². The SMILES string of the molecule is CC(=O)Oc1cccc(C(=O)N(C)CCCN(Cc2ccccc2C(N)=O)C(=O)c2cccc(OC(C)=O)c2OC(C)=O)c1OC(C)=O. The van der Waals surface area contributed by atoms with Gasteiger partial charge in [-0.05, 0) is 42.3 Å². The second-order valence-corrected chi connectivity index (χ2v) is 10.5. The number of nitrogens with zero attached hydrogens (tertiary/aromatic N) is 2. The number of hydrogen-bond acceptors (Lipinski definition) is 11. The highest BCUT2D eigenvalue weighted by atomic mass is 16.6. The Kier molecular flexibility index (Phi) is 12.5. The van der Waals surface area contributed by atoms with Crippen LogP contribution >= 0.6 is 0 Å². The van der Waals surface area contributed by atoms with E-state index in [0.717, 1.165) is 27.7 Å². The van der Waals surface area contributed by atoms with E-state index in [1.165, 1.54) is 59.3 Å². The molecule has 3 aromatic rings. The largest absolute Gasteiger partial charge is 0.423 e. The van der Waals surface area contributed by atoms with E-state index in [-0.39, 0.29) is 65.7 Å². The van der Waals surface area contributed by atoms with Crippen LogP contribution in [0.25, 0.3) is 0 Å². The van der Waals surface area contributed by atoms with Crippen LogP contribution in [0.4, 0.5) is 0 Å². The summed E-state index contributed by atoms with van der Waals surface area (Å²) in [6, 6.07) is 14.9. The van der Waals surface area contributed by atoms with Crippen molar-refractivity contribution in [3.63, 3.8) is 0 Å². The summed E-state index contributed by atoms with van der Waals surface area (Å²) in [5.41, 5.74) is 6.06. The fourth-order valence-electron chi connectivity index (χ4n) is 4.67. The Morgan fingerprint density at radius 1 is 0.583 bits per heavy atom. The van der Waals surface area contributed by atoms with Gasteiger partial charge in [-0.25, -0.2) is 0 Å². The Morgan fingerprint density at radius 2 is 1.04 bits per heavy atom. The van der Waals surface area contributed by atoms with Crippen molar-refractivity contribution in [2.24, 2.45) is 5.73 Å². The van der Waals surface area contributed by atoms with Gasteiger partial charge < -0.3 is 34.5 Å². The van der Waals surface area contributed by atoms with E-state index in [2.05, 4.69) is 0 Å². The summed E-state index contributed by atoms with van der Waals surface area (Å²) in [6.07, 6.45) is 0.200. The quantitative estimate of drug-likeness (QED) is 0.209. The van der Waals surface area contributed by atoms with Crippen molar-refractivity contribution >= 4 is 41.6 Å². The molecule has 14 heteroatoms. The summed E-state index contributed by atoms with van der Waals surface area (Å²) in [5, 5.41) is 0. The minimum atomic E-state index is -0.764. The van der Waals surface area contributed by atoms with E-state index in [1.54, 1.807) is 18.2 Å². The average molecular weight is 662 g/mol. The lowest BCUT2D eigenvalue weighted by atomic mass is 10.1. The summed E-state index contributed by atoms with van der Waals surface area (Å²) in [6.45, 7) is 4.58. The molecule has 0 aliphatic carbocycles. The Morgan fingerprint density at radius 3 is 1.52 bits per heavy atom. The van der Waals surface area contributed by atoms with E-state index >= 15 is 0 Å². The zero-order valence-corrected chi connectivity index (χ0v) is 27.1. The minimum absolute atomic E-state index is 0.0190. The Hall–Kier alpha value is -6.05. The summed E-state index contributed by atoms with van der Waals surface area (Å²) in [4.78, 5) is 89.5. The van der Waals surface area contributed by atoms with Crippen molar-refractivity contribution in [2.75, 3.05) is 20.1 Å². The predicted octanol–water partition coefficient (Wildman–Crippen LogP) is 3.29. The number of primary amides is 1. The van der Waals surface area contributed by atoms with Crippen LogP contribution in [0.1, 0.15) is 70.8 Å². The number of amides is 3. The number of rotatable bonds is 13. The van der Waals surface area contributed by atoms with Gasteiger partial charge in [-0.15, -0.1) is 0 Å². The van der Waals surface area contributed by atoms with Gasteiger partial charge in [0.2, 0.25) is 5.91 Å². The van der Waals surface area contributed by atoms with Gasteiger partial charge in [0.25, 0.3) is 11.8 Å². The molecule has 0 saturated heterocycles. The molecule has 0 bridgehead atoms. The second kappa shape index (κ2) is 16.5. The Bertz CT molecular complexity index is 1750. The standard InChI is InChI=1S/C34H35N3O11/c1-20(38)45-28-15-8-13-26(30(28)47-22(3)40)33(43)36(5)17-10-18-37(19-24-11-6-7-12-25(24)32(35)42)34(44)27-14-9-16-29(46-21(2)39)31(27)48-23(4)41/h6-9,11-16H,10,17-19H2,1-5H3,(H2,35,42). The smallest absolute Gasteiger partial charge is 0.308 e. The molecule has 14 nitrogen and oxygen atoms in total. The Balaban J connectivity index is 1.94. The highest BCUT2D eigenvalue weighted by Crippen LogP contribution is 2.34. The van der Waals surface area contributed by atoms with Gasteiger partial charge in [0.05, 0.1) is 11.1 Å². The van der Waals surface area contributed by atoms with E-state index in [4.69, 9.17) is 24.7 Å². The van der Waals surface area contributed by atoms with Gasteiger partial charge in [-0.3, -0.25) is 33.6 Å². The molecular formula is C34H35N3O11. The highest BCUT2D eigenvalue weighted by Gasteiger charge is 2.27. The molecule has 0 aromatic heterocycles. The zero-order valence-electron chi connectivity index (χ0n) is 27.1. The summed E-state index contributed by atoms with van der Waals surface area (Å²) >= 11 is 0. The molecular weight excluding hydrogens is 626 g/mol. The van der Waals surface area contributed by atoms with E-state index in [0.29, 0.717) is 5.56 Å². The lowest BCUT2D eigenvalue weighted by Crippen LogP contribution is -2.35. The third kappa shape index (κ3) is 9.72. The molecule has 0 aliphatic heterocycles. The first-order valence-electron chi connectivity index (χ1n) is 14.6. The first-order valence-corrected chi connectivity index (χ1v) is 14.6. The van der Waals surface area contributed by atoms with Crippen LogP contribution in [0.2, 0.25) is 0 Å². The molecule has 252 valence electrons. The van der Waals surface area contributed by atoms with Gasteiger partial charge >= 0.3 is 23.9 Å². The van der Waals surface area contributed by atoms with Crippen LogP contribution in [0.3, 0.4) is 0 Å². The minimum Gasteiger partial charge on any atom is -0.423 e. The number of carbonyl (C=O) groups is 7. The topological polar surface area (TPSA) is 189 Å². The van der Waals surface area contributed by atoms with Crippen molar-refractivity contribution in [3.8, 4) is 23.0 Å². The molecule has 0 fully saturated rings. The average Bonchev–Trinajstić information content (AvgIpc) is 3.00. The molecule has 48 heavy (non-hydrogen) atoms. The number of ether oxygens (including phenoxy) is 4. The third-order valence-electron chi connectivity index (χ3n) is 6.62. The van der Waals surface area contributed by atoms with Crippen LogP contribution < -0.4 is 24.7 Å². The number of esters is 4. The first-order chi connectivity index (χ1) is 22.7. The lowest BCUT2D eigenvalue weighted by Gasteiger charge is -2.26. The van der Waals surface area contributed by atoms with Gasteiger partial charge in [-0.1, -0.05) is 30.3 Å². The van der Waals surface area contributed by atoms with Gasteiger partial charge in [0, 0.05) is 59.9 Å². The maximum atomic E-state index is 14.1. The normalized spacial score (nSPS) is 10.4. The summed E-state index contributed by atoms with van der Waals surface area (Å²) in [5.74, 6) is -5.54. The van der Waals surface area contributed by atoms with Crippen LogP contribution in [-0.4, -0.2) is 71.5 Å². The molecule has 3 amide bonds. The molecule has 0 aliphatic rings. The van der Waals surface area contributed by atoms with Crippen molar-refractivity contribution < 1.29 is 52.5 Å². The number of nitrogens with two attached hydrogens (primary N) is 1. The fourth-order valence-corrected chi connectivity index (χ4v) is 4.67. The number of benzene rings is 3. The predicted molar refractivity (Wildman–Crippen MR) is 169 cm³/mol. The summed E-state index contributed by atoms with van der Waals surface area (Å²) in [7, 11) is 1.49. The molecule has 2 N–H and O–H groups in total. The molecule has 0 saturated carbocycles. The molecule has 3 aromatic carbocycles. The van der Waals surface area contributed by atoms with E-state index in [9.17, 15) is 33.6 Å². The van der Waals surface area contributed by atoms with Crippen molar-refractivity contribution in [1.82, 2.24) is 9.80 Å². The van der Waals surface area contributed by atoms with Gasteiger partial charge in [0.1, 0.15) is 0 Å². The van der Waals surface area contributed by atoms with Crippen LogP contribution in [0.5, 0.6) is 23.0 Å². The first kappa shape index (κ1) is 36.4. The van der Waals surface area contributed by atoms with Crippen LogP contribution in [0, 0.1) is 0 Å². The maximum absolute atomic E-state index is 14.1. The molecule has 0 radical (unpaired) electrons. The lowest BCUT2D eigenvalue weighted by molar-refractivity contribution is -0.134. The molecule has 3 rings (SSSR count). The van der Waals surface area contributed by atoms with E-state index in [1.807, 2.05) is 0 Å². The number of hydrogen-bond donors (Lipinski definition) is 1. The molecule has 0 spiro atoms. The molecule has 0 atom stereocenters. The van der Waals surface area contributed by atoms with Gasteiger partial charge in [-0.2, -0.15) is 0 Å². The highest BCUT2D eigenvalue weighted by molar-refractivity contribution is 6.00. The molecule has 0 unspecified atom stereocenters. The monoisotopic (exact) mass is 661 g/mol. The molecule has 0 heterocycles. The van der Waals surface area contributed by atoms with Crippen molar-refractivity contribution in [2.45, 2.75) is 40.7 Å². The fraction of sp³-hybridized carbons (Fsp3) is 0.265. The maximum Gasteiger partial charge on any atom is 0.308 e.